The molecule has 0 N–H and O–H groups in total. The minimum absolute atomic E-state index is 0.0210. The van der Waals surface area contributed by atoms with Crippen LogP contribution in [0.3, 0.4) is 0 Å². The molecule has 1 aliphatic rings. The molecule has 2 rings (SSSR count). The van der Waals surface area contributed by atoms with Gasteiger partial charge in [0.2, 0.25) is 0 Å². The summed E-state index contributed by atoms with van der Waals surface area (Å²) in [5.41, 5.74) is 4.25. The Morgan fingerprint density at radius 2 is 1.47 bits per heavy atom. The summed E-state index contributed by atoms with van der Waals surface area (Å²) in [5, 5.41) is 0. The van der Waals surface area contributed by atoms with Gasteiger partial charge in [0.25, 0.3) is 0 Å². The molecule has 1 unspecified atom stereocenters. The number of ether oxygens (including phenoxy) is 4. The minimum Gasteiger partial charge on any atom is -0.489 e. The van der Waals surface area contributed by atoms with Crippen LogP contribution in [0.2, 0.25) is 0 Å². The lowest BCUT2D eigenvalue weighted by Crippen LogP contribution is -2.37. The van der Waals surface area contributed by atoms with Crippen LogP contribution in [0.25, 0.3) is 0 Å². The maximum Gasteiger partial charge on any atom is 0.306 e. The van der Waals surface area contributed by atoms with E-state index in [9.17, 15) is 9.59 Å². The molecule has 0 aromatic heterocycles. The van der Waals surface area contributed by atoms with Crippen molar-refractivity contribution in [1.29, 1.82) is 0 Å². The minimum atomic E-state index is -0.659. The maximum atomic E-state index is 12.3. The number of hydrogen-bond acceptors (Lipinski definition) is 6. The summed E-state index contributed by atoms with van der Waals surface area (Å²) in [6.45, 7) is 21.5. The van der Waals surface area contributed by atoms with Crippen molar-refractivity contribution < 1.29 is 28.5 Å². The van der Waals surface area contributed by atoms with Gasteiger partial charge in [-0.25, -0.2) is 0 Å². The second-order valence-electron chi connectivity index (χ2n) is 14.8. The van der Waals surface area contributed by atoms with Crippen LogP contribution in [-0.2, 0) is 25.5 Å². The number of carbonyl (C=O) groups is 2. The number of carbonyl (C=O) groups excluding carboxylic acids is 2. The van der Waals surface area contributed by atoms with Crippen LogP contribution in [-0.4, -0.2) is 36.9 Å². The molecule has 0 spiro atoms. The van der Waals surface area contributed by atoms with Gasteiger partial charge >= 0.3 is 11.9 Å². The fourth-order valence-electron chi connectivity index (χ4n) is 6.55. The third kappa shape index (κ3) is 13.6. The number of rotatable bonds is 21. The molecule has 258 valence electrons. The van der Waals surface area contributed by atoms with E-state index in [1.807, 2.05) is 6.92 Å². The van der Waals surface area contributed by atoms with Gasteiger partial charge in [0, 0.05) is 18.9 Å². The Kier molecular flexibility index (Phi) is 16.8. The second kappa shape index (κ2) is 19.4. The van der Waals surface area contributed by atoms with Gasteiger partial charge < -0.3 is 18.9 Å². The Bertz CT molecular complexity index is 1060. The predicted molar refractivity (Wildman–Crippen MR) is 184 cm³/mol. The smallest absolute Gasteiger partial charge is 0.306 e. The van der Waals surface area contributed by atoms with E-state index in [1.54, 1.807) is 0 Å². The predicted octanol–water partition coefficient (Wildman–Crippen LogP) is 10.2. The molecule has 1 aromatic rings. The molecule has 0 amide bonds. The maximum absolute atomic E-state index is 12.3. The number of benzene rings is 1. The van der Waals surface area contributed by atoms with Crippen molar-refractivity contribution in [2.45, 2.75) is 171 Å². The first kappa shape index (κ1) is 38.9. The molecule has 6 nitrogen and oxygen atoms in total. The highest BCUT2D eigenvalue weighted by Gasteiger charge is 2.34. The van der Waals surface area contributed by atoms with Crippen molar-refractivity contribution in [3.8, 4) is 11.5 Å². The van der Waals surface area contributed by atoms with Gasteiger partial charge in [-0.15, -0.1) is 0 Å². The Labute approximate surface area is 275 Å². The van der Waals surface area contributed by atoms with Crippen molar-refractivity contribution in [1.82, 2.24) is 0 Å². The van der Waals surface area contributed by atoms with Crippen LogP contribution < -0.4 is 9.47 Å². The summed E-state index contributed by atoms with van der Waals surface area (Å²) < 4.78 is 23.9. The van der Waals surface area contributed by atoms with Gasteiger partial charge in [-0.3, -0.25) is 9.59 Å². The molecule has 0 saturated heterocycles. The normalized spacial score (nSPS) is 18.1. The molecule has 0 fully saturated rings. The summed E-state index contributed by atoms with van der Waals surface area (Å²) >= 11 is 0. The van der Waals surface area contributed by atoms with Crippen molar-refractivity contribution >= 4 is 11.9 Å². The van der Waals surface area contributed by atoms with Crippen LogP contribution >= 0.6 is 0 Å². The largest absolute Gasteiger partial charge is 0.489 e. The Balaban J connectivity index is 1.94. The monoisotopic (exact) mass is 630 g/mol. The number of hydrogen-bond donors (Lipinski definition) is 0. The first-order chi connectivity index (χ1) is 21.3. The third-order valence-electron chi connectivity index (χ3n) is 9.76. The molecule has 1 aromatic carbocycles. The summed E-state index contributed by atoms with van der Waals surface area (Å²) in [7, 11) is 0. The highest BCUT2D eigenvalue weighted by molar-refractivity contribution is 5.69. The van der Waals surface area contributed by atoms with E-state index < -0.39 is 12.1 Å². The lowest BCUT2D eigenvalue weighted by Gasteiger charge is -2.38. The summed E-state index contributed by atoms with van der Waals surface area (Å²) in [5.74, 6) is 3.54. The Morgan fingerprint density at radius 3 is 2.07 bits per heavy atom. The van der Waals surface area contributed by atoms with Gasteiger partial charge in [0.15, 0.2) is 6.10 Å². The van der Waals surface area contributed by atoms with Crippen LogP contribution in [0.5, 0.6) is 11.5 Å². The molecule has 45 heavy (non-hydrogen) atoms. The van der Waals surface area contributed by atoms with E-state index in [1.165, 1.54) is 63.9 Å². The molecule has 0 radical (unpaired) electrons. The fraction of sp³-hybridized carbons (Fsp3) is 0.795. The zero-order valence-corrected chi connectivity index (χ0v) is 30.6. The highest BCUT2D eigenvalue weighted by atomic mass is 16.6. The fourth-order valence-corrected chi connectivity index (χ4v) is 6.55. The molecule has 1 aliphatic heterocycles. The van der Waals surface area contributed by atoms with Gasteiger partial charge in [-0.1, -0.05) is 86.0 Å². The topological polar surface area (TPSA) is 71.1 Å². The van der Waals surface area contributed by atoms with E-state index in [4.69, 9.17) is 18.9 Å². The third-order valence-corrected chi connectivity index (χ3v) is 9.76. The molecule has 1 heterocycles. The van der Waals surface area contributed by atoms with Crippen LogP contribution in [0, 0.1) is 38.5 Å². The standard InChI is InChI=1S/C39H66O6/c1-11-12-21-36(41)44-34(25-42-33(9)40)26-43-37-30(6)31(7)38-35(32(37)8)22-24-39(10,45-38)23-15-20-29(5)19-14-18-28(4)17-13-16-27(2)3/h27-29,34H,11-26H2,1-10H3/t28-,29-,34?,39-/m1/s1. The van der Waals surface area contributed by atoms with Gasteiger partial charge in [0.1, 0.15) is 30.3 Å². The van der Waals surface area contributed by atoms with E-state index in [0.29, 0.717) is 6.42 Å². The van der Waals surface area contributed by atoms with E-state index in [-0.39, 0.29) is 24.8 Å². The van der Waals surface area contributed by atoms with Crippen molar-refractivity contribution in [2.75, 3.05) is 13.2 Å². The van der Waals surface area contributed by atoms with Crippen LogP contribution in [0.1, 0.15) is 154 Å². The lowest BCUT2D eigenvalue weighted by atomic mass is 9.83. The molecule has 0 bridgehead atoms. The summed E-state index contributed by atoms with van der Waals surface area (Å²) in [6, 6.07) is 0. The molecule has 0 saturated carbocycles. The number of esters is 2. The molecule has 6 heteroatoms. The van der Waals surface area contributed by atoms with Gasteiger partial charge in [-0.2, -0.15) is 0 Å². The van der Waals surface area contributed by atoms with Crippen molar-refractivity contribution in [3.05, 3.63) is 22.3 Å². The van der Waals surface area contributed by atoms with Crippen LogP contribution in [0.15, 0.2) is 0 Å². The summed E-state index contributed by atoms with van der Waals surface area (Å²) in [6.07, 6.45) is 14.9. The number of unbranched alkanes of at least 4 members (excludes halogenated alkanes) is 1. The van der Waals surface area contributed by atoms with Crippen molar-refractivity contribution in [3.63, 3.8) is 0 Å². The van der Waals surface area contributed by atoms with Gasteiger partial charge in [0.05, 0.1) is 0 Å². The molecular weight excluding hydrogens is 564 g/mol. The lowest BCUT2D eigenvalue weighted by molar-refractivity contribution is -0.160. The average Bonchev–Trinajstić information content (AvgIpc) is 2.97. The first-order valence-corrected chi connectivity index (χ1v) is 18.0. The molecular formula is C39H66O6. The zero-order valence-electron chi connectivity index (χ0n) is 30.6. The molecule has 0 aliphatic carbocycles. The Morgan fingerprint density at radius 1 is 0.844 bits per heavy atom. The Hall–Kier alpha value is -2.24. The van der Waals surface area contributed by atoms with Crippen molar-refractivity contribution in [2.24, 2.45) is 17.8 Å². The van der Waals surface area contributed by atoms with Crippen LogP contribution in [0.4, 0.5) is 0 Å². The molecule has 4 atom stereocenters. The SMILES string of the molecule is CCCCC(=O)OC(COC(C)=O)COc1c(C)c(C)c2c(c1C)CC[C@@](C)(CCC[C@H](C)CCC[C@H](C)CCCC(C)C)O2. The summed E-state index contributed by atoms with van der Waals surface area (Å²) in [4.78, 5) is 23.7. The zero-order chi connectivity index (χ0) is 33.6. The number of fused-ring (bicyclic) bond motifs is 1. The van der Waals surface area contributed by atoms with E-state index in [0.717, 1.165) is 78.0 Å². The average molecular weight is 631 g/mol. The first-order valence-electron chi connectivity index (χ1n) is 18.0. The second-order valence-corrected chi connectivity index (χ2v) is 14.8. The highest BCUT2D eigenvalue weighted by Crippen LogP contribution is 2.45. The quantitative estimate of drug-likeness (QED) is 0.126. The van der Waals surface area contributed by atoms with Gasteiger partial charge in [-0.05, 0) is 94.2 Å². The van der Waals surface area contributed by atoms with E-state index in [2.05, 4.69) is 55.4 Å². The van der Waals surface area contributed by atoms with E-state index >= 15 is 0 Å².